The second kappa shape index (κ2) is 10.5. The maximum absolute atomic E-state index is 13.6. The zero-order chi connectivity index (χ0) is 23.9. The fourth-order valence-corrected chi connectivity index (χ4v) is 4.14. The Morgan fingerprint density at radius 2 is 1.47 bits per heavy atom. The molecule has 0 spiro atoms. The highest BCUT2D eigenvalue weighted by Gasteiger charge is 2.42. The molecule has 3 aromatic carbocycles. The fourth-order valence-electron chi connectivity index (χ4n) is 4.14. The van der Waals surface area contributed by atoms with E-state index in [0.29, 0.717) is 11.3 Å². The van der Waals surface area contributed by atoms with Gasteiger partial charge in [-0.3, -0.25) is 9.80 Å². The van der Waals surface area contributed by atoms with E-state index in [4.69, 9.17) is 4.74 Å². The third-order valence-electron chi connectivity index (χ3n) is 5.83. The number of carbonyl (C=O) groups excluding carboxylic acids is 2. The highest BCUT2D eigenvalue weighted by atomic mass is 16.5. The van der Waals surface area contributed by atoms with Crippen molar-refractivity contribution in [2.45, 2.75) is 26.1 Å². The molecule has 1 atom stereocenters. The lowest BCUT2D eigenvalue weighted by atomic mass is 9.93. The van der Waals surface area contributed by atoms with Crippen LogP contribution in [0.5, 0.6) is 0 Å². The van der Waals surface area contributed by atoms with Crippen molar-refractivity contribution in [1.82, 2.24) is 9.80 Å². The number of hydrogen-bond acceptors (Lipinski definition) is 4. The summed E-state index contributed by atoms with van der Waals surface area (Å²) in [6.07, 6.45) is 0. The quantitative estimate of drug-likeness (QED) is 0.365. The van der Waals surface area contributed by atoms with Crippen LogP contribution in [0.1, 0.15) is 29.7 Å². The van der Waals surface area contributed by atoms with Gasteiger partial charge in [0, 0.05) is 5.70 Å². The van der Waals surface area contributed by atoms with E-state index in [0.717, 1.165) is 16.7 Å². The Hall–Kier alpha value is -4.37. The summed E-state index contributed by atoms with van der Waals surface area (Å²) in [4.78, 5) is 30.1. The number of rotatable bonds is 7. The number of allylic oxidation sites excluding steroid dienone is 1. The predicted octanol–water partition coefficient (Wildman–Crippen LogP) is 5.21. The van der Waals surface area contributed by atoms with Gasteiger partial charge in [-0.15, -0.1) is 0 Å². The van der Waals surface area contributed by atoms with E-state index in [9.17, 15) is 14.9 Å². The Labute approximate surface area is 199 Å². The first kappa shape index (κ1) is 22.8. The highest BCUT2D eigenvalue weighted by Crippen LogP contribution is 2.38. The van der Waals surface area contributed by atoms with Crippen LogP contribution in [0.2, 0.25) is 0 Å². The molecule has 0 N–H and O–H groups in total. The maximum Gasteiger partial charge on any atom is 0.338 e. The smallest absolute Gasteiger partial charge is 0.338 e. The number of ether oxygens (including phenoxy) is 1. The molecule has 1 heterocycles. The molecule has 6 heteroatoms. The third-order valence-corrected chi connectivity index (χ3v) is 5.83. The molecule has 0 aromatic heterocycles. The molecule has 3 aromatic rings. The van der Waals surface area contributed by atoms with Gasteiger partial charge in [-0.05, 0) is 23.6 Å². The van der Waals surface area contributed by atoms with E-state index < -0.39 is 12.0 Å². The summed E-state index contributed by atoms with van der Waals surface area (Å²) in [7, 11) is 0. The lowest BCUT2D eigenvalue weighted by Crippen LogP contribution is -2.50. The van der Waals surface area contributed by atoms with Crippen LogP contribution in [0.4, 0.5) is 4.79 Å². The van der Waals surface area contributed by atoms with Gasteiger partial charge in [0.05, 0.1) is 24.2 Å². The summed E-state index contributed by atoms with van der Waals surface area (Å²) in [6.45, 7) is 2.00. The van der Waals surface area contributed by atoms with Crippen LogP contribution in [0.25, 0.3) is 0 Å². The normalized spacial score (nSPS) is 15.8. The molecule has 1 aliphatic rings. The molecule has 4 rings (SSSR count). The summed E-state index contributed by atoms with van der Waals surface area (Å²) >= 11 is 0. The Morgan fingerprint density at radius 1 is 0.912 bits per heavy atom. The minimum atomic E-state index is -0.719. The van der Waals surface area contributed by atoms with Crippen LogP contribution in [0.3, 0.4) is 0 Å². The molecule has 0 radical (unpaired) electrons. The molecular weight excluding hydrogens is 426 g/mol. The minimum absolute atomic E-state index is 0.114. The van der Waals surface area contributed by atoms with Gasteiger partial charge in [-0.2, -0.15) is 5.26 Å². The van der Waals surface area contributed by atoms with Gasteiger partial charge in [-0.25, -0.2) is 9.59 Å². The first-order chi connectivity index (χ1) is 16.6. The van der Waals surface area contributed by atoms with E-state index in [1.54, 1.807) is 11.8 Å². The van der Waals surface area contributed by atoms with E-state index in [2.05, 4.69) is 6.07 Å². The molecule has 0 fully saturated rings. The minimum Gasteiger partial charge on any atom is -0.457 e. The number of carbonyl (C=O) groups is 2. The molecule has 1 unspecified atom stereocenters. The van der Waals surface area contributed by atoms with Crippen molar-refractivity contribution in [2.24, 2.45) is 0 Å². The topological polar surface area (TPSA) is 73.6 Å². The van der Waals surface area contributed by atoms with Crippen LogP contribution in [0.15, 0.2) is 102 Å². The standard InChI is InChI=1S/C28H25N3O3/c1-21-25(27(32)34-20-23-13-7-3-8-14-23)26(24-15-9-4-10-16-24)30(18-17-29)28(33)31(21)19-22-11-5-2-6-12-22/h2-16,26H,18-20H2,1H3. The predicted molar refractivity (Wildman–Crippen MR) is 128 cm³/mol. The molecule has 170 valence electrons. The average molecular weight is 452 g/mol. The van der Waals surface area contributed by atoms with Crippen LogP contribution in [-0.4, -0.2) is 28.3 Å². The van der Waals surface area contributed by atoms with Crippen LogP contribution in [-0.2, 0) is 22.7 Å². The van der Waals surface area contributed by atoms with Crippen LogP contribution >= 0.6 is 0 Å². The highest BCUT2D eigenvalue weighted by molar-refractivity contribution is 5.95. The molecular formula is C28H25N3O3. The van der Waals surface area contributed by atoms with Crippen molar-refractivity contribution in [2.75, 3.05) is 6.54 Å². The Kier molecular flexibility index (Phi) is 7.04. The molecule has 0 saturated heterocycles. The zero-order valence-electron chi connectivity index (χ0n) is 18.9. The van der Waals surface area contributed by atoms with Gasteiger partial charge in [-0.1, -0.05) is 91.0 Å². The molecule has 0 bridgehead atoms. The maximum atomic E-state index is 13.6. The molecule has 1 aliphatic heterocycles. The number of benzene rings is 3. The fraction of sp³-hybridized carbons (Fsp3) is 0.179. The van der Waals surface area contributed by atoms with Crippen molar-refractivity contribution in [1.29, 1.82) is 5.26 Å². The van der Waals surface area contributed by atoms with Gasteiger partial charge in [0.1, 0.15) is 13.2 Å². The number of amides is 2. The van der Waals surface area contributed by atoms with Crippen molar-refractivity contribution in [3.63, 3.8) is 0 Å². The SMILES string of the molecule is CC1=C(C(=O)OCc2ccccc2)C(c2ccccc2)N(CC#N)C(=O)N1Cc1ccccc1. The van der Waals surface area contributed by atoms with Gasteiger partial charge < -0.3 is 4.74 Å². The lowest BCUT2D eigenvalue weighted by Gasteiger charge is -2.42. The Balaban J connectivity index is 1.76. The summed E-state index contributed by atoms with van der Waals surface area (Å²) in [5.41, 5.74) is 3.41. The summed E-state index contributed by atoms with van der Waals surface area (Å²) in [5, 5.41) is 9.53. The number of hydrogen-bond donors (Lipinski definition) is 0. The third kappa shape index (κ3) is 4.84. The van der Waals surface area contributed by atoms with Gasteiger partial charge in [0.2, 0.25) is 0 Å². The first-order valence-electron chi connectivity index (χ1n) is 11.1. The Morgan fingerprint density at radius 3 is 2.06 bits per heavy atom. The number of nitrogens with zero attached hydrogens (tertiary/aromatic N) is 3. The second-order valence-electron chi connectivity index (χ2n) is 8.01. The lowest BCUT2D eigenvalue weighted by molar-refractivity contribution is -0.141. The average Bonchev–Trinajstić information content (AvgIpc) is 2.88. The summed E-state index contributed by atoms with van der Waals surface area (Å²) < 4.78 is 5.71. The summed E-state index contributed by atoms with van der Waals surface area (Å²) in [5.74, 6) is -0.510. The van der Waals surface area contributed by atoms with Crippen molar-refractivity contribution in [3.05, 3.63) is 119 Å². The van der Waals surface area contributed by atoms with Crippen molar-refractivity contribution < 1.29 is 14.3 Å². The van der Waals surface area contributed by atoms with Gasteiger partial charge in [0.15, 0.2) is 0 Å². The molecule has 0 saturated carbocycles. The second-order valence-corrected chi connectivity index (χ2v) is 8.01. The Bertz CT molecular complexity index is 1220. The summed E-state index contributed by atoms with van der Waals surface area (Å²) in [6, 6.07) is 29.3. The molecule has 2 amide bonds. The van der Waals surface area contributed by atoms with Gasteiger partial charge in [0.25, 0.3) is 0 Å². The molecule has 0 aliphatic carbocycles. The molecule has 6 nitrogen and oxygen atoms in total. The van der Waals surface area contributed by atoms with E-state index >= 15 is 0 Å². The van der Waals surface area contributed by atoms with Gasteiger partial charge >= 0.3 is 12.0 Å². The number of urea groups is 1. The van der Waals surface area contributed by atoms with Crippen molar-refractivity contribution in [3.8, 4) is 6.07 Å². The first-order valence-corrected chi connectivity index (χ1v) is 11.1. The van der Waals surface area contributed by atoms with Crippen LogP contribution in [0, 0.1) is 11.3 Å². The number of esters is 1. The van der Waals surface area contributed by atoms with Crippen LogP contribution < -0.4 is 0 Å². The van der Waals surface area contributed by atoms with Crippen molar-refractivity contribution >= 4 is 12.0 Å². The monoisotopic (exact) mass is 451 g/mol. The van der Waals surface area contributed by atoms with E-state index in [-0.39, 0.29) is 25.7 Å². The largest absolute Gasteiger partial charge is 0.457 e. The molecule has 34 heavy (non-hydrogen) atoms. The van der Waals surface area contributed by atoms with E-state index in [1.165, 1.54) is 4.90 Å². The van der Waals surface area contributed by atoms with E-state index in [1.807, 2.05) is 91.0 Å². The zero-order valence-corrected chi connectivity index (χ0v) is 18.9. The number of nitriles is 1.